The van der Waals surface area contributed by atoms with Crippen LogP contribution in [-0.2, 0) is 9.53 Å². The van der Waals surface area contributed by atoms with E-state index in [0.717, 1.165) is 37.6 Å². The van der Waals surface area contributed by atoms with Gasteiger partial charge in [-0.3, -0.25) is 9.78 Å². The summed E-state index contributed by atoms with van der Waals surface area (Å²) >= 11 is 0. The number of aromatic nitrogens is 4. The van der Waals surface area contributed by atoms with Crippen LogP contribution in [0.25, 0.3) is 5.65 Å². The van der Waals surface area contributed by atoms with Gasteiger partial charge < -0.3 is 36.4 Å². The highest BCUT2D eigenvalue weighted by Crippen LogP contribution is 2.30. The highest BCUT2D eigenvalue weighted by atomic mass is 19.1. The molecule has 236 valence electrons. The lowest BCUT2D eigenvalue weighted by atomic mass is 9.91. The summed E-state index contributed by atoms with van der Waals surface area (Å²) in [7, 11) is 0. The Labute approximate surface area is 253 Å². The Balaban J connectivity index is 1.21. The van der Waals surface area contributed by atoms with E-state index in [1.54, 1.807) is 0 Å². The molecule has 0 spiro atoms. The number of urea groups is 1. The number of nitrogens with zero attached hydrogens (tertiary/aromatic N) is 4. The zero-order valence-electron chi connectivity index (χ0n) is 24.9. The SMILES string of the molecule is CC(C)(C)OC[C@H](NC(=O)N[C@H]1CC[C@H](Nc2cc(NC3CC3)c3ncc(C(=O)Nc4ccncc4F)n3n2)CC1)C(=O)O. The summed E-state index contributed by atoms with van der Waals surface area (Å²) in [6.07, 6.45) is 8.69. The molecule has 3 amide bonds. The van der Waals surface area contributed by atoms with Crippen molar-refractivity contribution in [2.75, 3.05) is 22.6 Å². The molecule has 1 atom stereocenters. The smallest absolute Gasteiger partial charge is 0.328 e. The molecule has 5 rings (SSSR count). The van der Waals surface area contributed by atoms with Gasteiger partial charge >= 0.3 is 12.0 Å². The monoisotopic (exact) mass is 611 g/mol. The van der Waals surface area contributed by atoms with Crippen molar-refractivity contribution < 1.29 is 28.6 Å². The van der Waals surface area contributed by atoms with E-state index < -0.39 is 35.4 Å². The molecule has 2 aliphatic rings. The summed E-state index contributed by atoms with van der Waals surface area (Å²) in [5.41, 5.74) is 0.826. The fourth-order valence-corrected chi connectivity index (χ4v) is 4.90. The Kier molecular flexibility index (Phi) is 9.13. The maximum Gasteiger partial charge on any atom is 0.328 e. The van der Waals surface area contributed by atoms with Crippen LogP contribution in [-0.4, -0.2) is 79.0 Å². The second-order valence-electron chi connectivity index (χ2n) is 12.2. The van der Waals surface area contributed by atoms with Crippen molar-refractivity contribution in [2.45, 2.75) is 89.1 Å². The molecule has 3 heterocycles. The lowest BCUT2D eigenvalue weighted by Gasteiger charge is -2.30. The van der Waals surface area contributed by atoms with Crippen LogP contribution in [0.15, 0.2) is 30.7 Å². The minimum absolute atomic E-state index is 0.00123. The Bertz CT molecular complexity index is 1510. The molecule has 0 aromatic carbocycles. The van der Waals surface area contributed by atoms with Gasteiger partial charge in [-0.25, -0.2) is 23.5 Å². The molecule has 2 aliphatic carbocycles. The van der Waals surface area contributed by atoms with Crippen molar-refractivity contribution in [1.82, 2.24) is 30.2 Å². The van der Waals surface area contributed by atoms with Crippen molar-refractivity contribution in [1.29, 1.82) is 0 Å². The highest BCUT2D eigenvalue weighted by Gasteiger charge is 2.28. The maximum atomic E-state index is 14.1. The van der Waals surface area contributed by atoms with Crippen LogP contribution in [0.5, 0.6) is 0 Å². The fourth-order valence-electron chi connectivity index (χ4n) is 4.90. The second kappa shape index (κ2) is 13.0. The van der Waals surface area contributed by atoms with Crippen LogP contribution in [0, 0.1) is 5.82 Å². The number of nitrogens with one attached hydrogen (secondary N) is 5. The van der Waals surface area contributed by atoms with Crippen LogP contribution in [0.4, 0.5) is 26.4 Å². The van der Waals surface area contributed by atoms with Gasteiger partial charge in [-0.15, -0.1) is 5.10 Å². The molecule has 6 N–H and O–H groups in total. The third-order valence-corrected chi connectivity index (χ3v) is 7.36. The van der Waals surface area contributed by atoms with Crippen molar-refractivity contribution in [3.8, 4) is 0 Å². The van der Waals surface area contributed by atoms with E-state index in [1.807, 2.05) is 26.8 Å². The van der Waals surface area contributed by atoms with Crippen LogP contribution >= 0.6 is 0 Å². The zero-order valence-corrected chi connectivity index (χ0v) is 24.9. The number of ether oxygens (including phenoxy) is 1. The topological polar surface area (TPSA) is 184 Å². The Hall–Kier alpha value is -4.53. The molecule has 15 heteroatoms. The number of fused-ring (bicyclic) bond motifs is 1. The molecular weight excluding hydrogens is 573 g/mol. The van der Waals surface area contributed by atoms with Gasteiger partial charge in [-0.2, -0.15) is 0 Å². The van der Waals surface area contributed by atoms with Crippen LogP contribution in [0.2, 0.25) is 0 Å². The Morgan fingerprint density at radius 1 is 1.05 bits per heavy atom. The lowest BCUT2D eigenvalue weighted by molar-refractivity contribution is -0.142. The number of aliphatic carboxylic acids is 1. The van der Waals surface area contributed by atoms with Gasteiger partial charge in [0.25, 0.3) is 5.91 Å². The highest BCUT2D eigenvalue weighted by molar-refractivity contribution is 6.03. The van der Waals surface area contributed by atoms with Crippen molar-refractivity contribution in [3.05, 3.63) is 42.2 Å². The van der Waals surface area contributed by atoms with E-state index in [0.29, 0.717) is 30.3 Å². The number of carbonyl (C=O) groups is 3. The summed E-state index contributed by atoms with van der Waals surface area (Å²) in [4.78, 5) is 45.3. The second-order valence-corrected chi connectivity index (χ2v) is 12.2. The number of carboxylic acids is 1. The van der Waals surface area contributed by atoms with Crippen LogP contribution in [0.1, 0.15) is 69.8 Å². The summed E-state index contributed by atoms with van der Waals surface area (Å²) in [6.45, 7) is 5.30. The number of halogens is 1. The van der Waals surface area contributed by atoms with Crippen LogP contribution < -0.4 is 26.6 Å². The largest absolute Gasteiger partial charge is 0.480 e. The number of amides is 3. The van der Waals surface area contributed by atoms with E-state index in [9.17, 15) is 23.9 Å². The number of hydrogen-bond donors (Lipinski definition) is 6. The Morgan fingerprint density at radius 3 is 2.39 bits per heavy atom. The molecule has 44 heavy (non-hydrogen) atoms. The molecule has 0 saturated heterocycles. The molecule has 3 aromatic rings. The average molecular weight is 612 g/mol. The minimum atomic E-state index is -1.17. The number of carboxylic acid groups (broad SMARTS) is 1. The lowest BCUT2D eigenvalue weighted by Crippen LogP contribution is -2.52. The Morgan fingerprint density at radius 2 is 1.73 bits per heavy atom. The van der Waals surface area contributed by atoms with E-state index in [4.69, 9.17) is 4.74 Å². The predicted molar refractivity (Wildman–Crippen MR) is 160 cm³/mol. The standard InChI is InChI=1S/C29H38FN9O5/c1-29(2,3)44-15-22(27(41)42)37-28(43)35-18-8-6-17(7-9-18)34-24-12-21(33-16-4-5-16)25-32-14-23(39(25)38-24)26(40)36-20-10-11-31-13-19(20)30/h10-14,16-18,22,33H,4-9,15H2,1-3H3,(H,34,38)(H,41,42)(H,31,36,40)(H2,35,37,43)/t17-,18-,22-/m0/s1. The third-order valence-electron chi connectivity index (χ3n) is 7.36. The van der Waals surface area contributed by atoms with Crippen molar-refractivity contribution in [3.63, 3.8) is 0 Å². The van der Waals surface area contributed by atoms with Gasteiger partial charge in [0.15, 0.2) is 23.2 Å². The molecular formula is C29H38FN9O5. The number of rotatable bonds is 11. The first kappa shape index (κ1) is 30.9. The number of carbonyl (C=O) groups excluding carboxylic acids is 2. The van der Waals surface area contributed by atoms with Gasteiger partial charge in [0, 0.05) is 30.4 Å². The summed E-state index contributed by atoms with van der Waals surface area (Å²) < 4.78 is 21.1. The molecule has 0 radical (unpaired) electrons. The first-order valence-corrected chi connectivity index (χ1v) is 14.7. The average Bonchev–Trinajstić information content (AvgIpc) is 3.67. The molecule has 0 unspecified atom stereocenters. The quantitative estimate of drug-likeness (QED) is 0.188. The zero-order chi connectivity index (χ0) is 31.4. The number of imidazole rings is 1. The summed E-state index contributed by atoms with van der Waals surface area (Å²) in [5, 5.41) is 28.9. The van der Waals surface area contributed by atoms with Gasteiger partial charge in [0.1, 0.15) is 5.82 Å². The first-order valence-electron chi connectivity index (χ1n) is 14.7. The van der Waals surface area contributed by atoms with E-state index in [-0.39, 0.29) is 30.1 Å². The van der Waals surface area contributed by atoms with Crippen molar-refractivity contribution in [2.24, 2.45) is 0 Å². The fraction of sp³-hybridized carbons (Fsp3) is 0.517. The van der Waals surface area contributed by atoms with Gasteiger partial charge in [0.05, 0.1) is 36.0 Å². The van der Waals surface area contributed by atoms with Gasteiger partial charge in [-0.1, -0.05) is 0 Å². The summed E-state index contributed by atoms with van der Waals surface area (Å²) in [6, 6.07) is 1.78. The van der Waals surface area contributed by atoms with E-state index in [1.165, 1.54) is 23.0 Å². The van der Waals surface area contributed by atoms with Crippen molar-refractivity contribution >= 4 is 40.7 Å². The molecule has 3 aromatic heterocycles. The van der Waals surface area contributed by atoms with Crippen LogP contribution in [0.3, 0.4) is 0 Å². The molecule has 2 fully saturated rings. The molecule has 14 nitrogen and oxygen atoms in total. The molecule has 0 aliphatic heterocycles. The molecule has 2 saturated carbocycles. The van der Waals surface area contributed by atoms with Gasteiger partial charge in [-0.05, 0) is 65.4 Å². The number of anilines is 3. The van der Waals surface area contributed by atoms with E-state index in [2.05, 4.69) is 41.7 Å². The van der Waals surface area contributed by atoms with E-state index >= 15 is 0 Å². The molecule has 0 bridgehead atoms. The van der Waals surface area contributed by atoms with Gasteiger partial charge in [0.2, 0.25) is 0 Å². The third kappa shape index (κ3) is 8.09. The normalized spacial score (nSPS) is 19.2. The first-order chi connectivity index (χ1) is 20.9. The minimum Gasteiger partial charge on any atom is -0.480 e. The number of pyridine rings is 1. The number of hydrogen-bond acceptors (Lipinski definition) is 9. The maximum absolute atomic E-state index is 14.1. The summed E-state index contributed by atoms with van der Waals surface area (Å²) in [5.74, 6) is -1.84. The predicted octanol–water partition coefficient (Wildman–Crippen LogP) is 3.38.